The Bertz CT molecular complexity index is 547. The molecule has 0 aliphatic carbocycles. The first-order valence-corrected chi connectivity index (χ1v) is 8.81. The molecule has 8 nitrogen and oxygen atoms in total. The summed E-state index contributed by atoms with van der Waals surface area (Å²) in [6.45, 7) is 11.1. The smallest absolute Gasteiger partial charge is 0.230 e. The zero-order chi connectivity index (χ0) is 18.3. The second kappa shape index (κ2) is 5.36. The van der Waals surface area contributed by atoms with E-state index in [4.69, 9.17) is 33.2 Å². The third kappa shape index (κ3) is 2.83. The highest BCUT2D eigenvalue weighted by atomic mass is 16.9. The van der Waals surface area contributed by atoms with E-state index in [1.165, 1.54) is 0 Å². The van der Waals surface area contributed by atoms with Crippen LogP contribution >= 0.6 is 0 Å². The summed E-state index contributed by atoms with van der Waals surface area (Å²) in [5.41, 5.74) is 0. The zero-order valence-electron chi connectivity index (χ0n) is 15.6. The summed E-state index contributed by atoms with van der Waals surface area (Å²) in [7, 11) is 0. The van der Waals surface area contributed by atoms with Crippen LogP contribution in [0.15, 0.2) is 0 Å². The van der Waals surface area contributed by atoms with Crippen LogP contribution in [0.1, 0.15) is 41.5 Å². The molecule has 0 bridgehead atoms. The largest absolute Gasteiger partial charge is 0.394 e. The van der Waals surface area contributed by atoms with Gasteiger partial charge in [0.15, 0.2) is 17.4 Å². The molecule has 144 valence electrons. The van der Waals surface area contributed by atoms with Crippen molar-refractivity contribution in [2.24, 2.45) is 0 Å². The molecule has 25 heavy (non-hydrogen) atoms. The van der Waals surface area contributed by atoms with Gasteiger partial charge in [0.1, 0.15) is 30.5 Å². The van der Waals surface area contributed by atoms with Gasteiger partial charge in [-0.2, -0.15) is 0 Å². The Morgan fingerprint density at radius 3 is 2.16 bits per heavy atom. The maximum Gasteiger partial charge on any atom is 0.230 e. The van der Waals surface area contributed by atoms with Crippen molar-refractivity contribution in [3.05, 3.63) is 0 Å². The lowest BCUT2D eigenvalue weighted by molar-refractivity contribution is -0.339. The monoisotopic (exact) mass is 360 g/mol. The summed E-state index contributed by atoms with van der Waals surface area (Å²) in [6.07, 6.45) is -2.48. The van der Waals surface area contributed by atoms with E-state index in [0.717, 1.165) is 0 Å². The highest BCUT2D eigenvalue weighted by Gasteiger charge is 2.73. The van der Waals surface area contributed by atoms with Crippen LogP contribution in [0, 0.1) is 0 Å². The molecule has 4 heterocycles. The van der Waals surface area contributed by atoms with Crippen LogP contribution < -0.4 is 0 Å². The molecule has 0 aromatic rings. The molecule has 8 heteroatoms. The van der Waals surface area contributed by atoms with Gasteiger partial charge in [0, 0.05) is 0 Å². The number of ether oxygens (including phenoxy) is 7. The molecule has 0 amide bonds. The van der Waals surface area contributed by atoms with E-state index in [9.17, 15) is 5.11 Å². The van der Waals surface area contributed by atoms with E-state index < -0.39 is 41.5 Å². The van der Waals surface area contributed by atoms with Crippen molar-refractivity contribution in [3.63, 3.8) is 0 Å². The fourth-order valence-electron chi connectivity index (χ4n) is 4.25. The lowest BCUT2D eigenvalue weighted by Crippen LogP contribution is -2.56. The van der Waals surface area contributed by atoms with Crippen LogP contribution in [0.4, 0.5) is 0 Å². The van der Waals surface area contributed by atoms with Crippen molar-refractivity contribution in [1.82, 2.24) is 0 Å². The molecule has 0 aromatic carbocycles. The molecule has 0 radical (unpaired) electrons. The Morgan fingerprint density at radius 2 is 1.48 bits per heavy atom. The molecular weight excluding hydrogens is 332 g/mol. The first-order valence-electron chi connectivity index (χ1n) is 8.81. The third-order valence-corrected chi connectivity index (χ3v) is 4.99. The van der Waals surface area contributed by atoms with Crippen molar-refractivity contribution in [1.29, 1.82) is 0 Å². The summed E-state index contributed by atoms with van der Waals surface area (Å²) in [4.78, 5) is 0. The number of hydrogen-bond acceptors (Lipinski definition) is 8. The molecule has 0 aromatic heterocycles. The van der Waals surface area contributed by atoms with Gasteiger partial charge in [-0.25, -0.2) is 0 Å². The maximum absolute atomic E-state index is 9.80. The first kappa shape index (κ1) is 18.1. The van der Waals surface area contributed by atoms with Crippen LogP contribution in [0.5, 0.6) is 0 Å². The van der Waals surface area contributed by atoms with E-state index >= 15 is 0 Å². The number of aliphatic hydroxyl groups is 1. The van der Waals surface area contributed by atoms with Crippen LogP contribution in [-0.2, 0) is 33.2 Å². The highest BCUT2D eigenvalue weighted by molar-refractivity contribution is 5.11. The van der Waals surface area contributed by atoms with Crippen LogP contribution in [0.3, 0.4) is 0 Å². The Balaban J connectivity index is 1.71. The van der Waals surface area contributed by atoms with Gasteiger partial charge in [0.25, 0.3) is 0 Å². The van der Waals surface area contributed by atoms with E-state index in [1.54, 1.807) is 13.8 Å². The van der Waals surface area contributed by atoms with Gasteiger partial charge in [-0.15, -0.1) is 0 Å². The molecule has 0 spiro atoms. The number of hydrogen-bond donors (Lipinski definition) is 1. The van der Waals surface area contributed by atoms with Crippen molar-refractivity contribution >= 4 is 0 Å². The van der Waals surface area contributed by atoms with Crippen molar-refractivity contribution < 1.29 is 38.3 Å². The van der Waals surface area contributed by atoms with E-state index in [-0.39, 0.29) is 18.8 Å². The Labute approximate surface area is 147 Å². The standard InChI is InChI=1S/C17H28O8/c1-14(2)19-8-10-11(22-14)13-17(21-10,25-16(5,6)24-13)12-9(7-18)20-15(3,4)23-12/h9-13,18H,7-8H2,1-6H3/t9-,10?,11?,12+,13?,17?/m1/s1. The van der Waals surface area contributed by atoms with Crippen LogP contribution in [-0.4, -0.2) is 72.0 Å². The lowest BCUT2D eigenvalue weighted by Gasteiger charge is -2.38. The normalized spacial score (nSPS) is 49.8. The van der Waals surface area contributed by atoms with Gasteiger partial charge >= 0.3 is 0 Å². The van der Waals surface area contributed by atoms with Gasteiger partial charge in [0.05, 0.1) is 13.2 Å². The first-order chi connectivity index (χ1) is 11.5. The minimum Gasteiger partial charge on any atom is -0.394 e. The Kier molecular flexibility index (Phi) is 3.87. The number of fused-ring (bicyclic) bond motifs is 3. The maximum atomic E-state index is 9.80. The van der Waals surface area contributed by atoms with Crippen molar-refractivity contribution in [2.75, 3.05) is 13.2 Å². The molecule has 4 rings (SSSR count). The molecule has 4 fully saturated rings. The second-order valence-electron chi connectivity index (χ2n) is 8.49. The number of aliphatic hydroxyl groups excluding tert-OH is 1. The van der Waals surface area contributed by atoms with Crippen molar-refractivity contribution in [2.45, 2.75) is 95.2 Å². The molecule has 0 saturated carbocycles. The third-order valence-electron chi connectivity index (χ3n) is 4.99. The van der Waals surface area contributed by atoms with Crippen molar-refractivity contribution in [3.8, 4) is 0 Å². The van der Waals surface area contributed by atoms with Gasteiger partial charge in [-0.1, -0.05) is 0 Å². The van der Waals surface area contributed by atoms with Gasteiger partial charge in [-0.05, 0) is 41.5 Å². The molecule has 4 saturated heterocycles. The minimum atomic E-state index is -1.23. The summed E-state index contributed by atoms with van der Waals surface area (Å²) in [5, 5.41) is 9.80. The summed E-state index contributed by atoms with van der Waals surface area (Å²) < 4.78 is 42.4. The molecule has 6 atom stereocenters. The van der Waals surface area contributed by atoms with E-state index in [0.29, 0.717) is 6.61 Å². The molecule has 4 aliphatic heterocycles. The zero-order valence-corrected chi connectivity index (χ0v) is 15.6. The average Bonchev–Trinajstić information content (AvgIpc) is 3.03. The van der Waals surface area contributed by atoms with E-state index in [1.807, 2.05) is 27.7 Å². The SMILES string of the molecule is CC1(C)OCC2OC3([C@H]4OC(C)(C)O[C@@H]4CO)OC(C)(C)OC3C2O1. The predicted molar refractivity (Wildman–Crippen MR) is 83.5 cm³/mol. The Hall–Kier alpha value is -0.320. The van der Waals surface area contributed by atoms with Gasteiger partial charge < -0.3 is 38.3 Å². The van der Waals surface area contributed by atoms with Gasteiger partial charge in [-0.3, -0.25) is 0 Å². The average molecular weight is 360 g/mol. The molecule has 4 unspecified atom stereocenters. The predicted octanol–water partition coefficient (Wildman–Crippen LogP) is 0.897. The van der Waals surface area contributed by atoms with Crippen LogP contribution in [0.2, 0.25) is 0 Å². The summed E-state index contributed by atoms with van der Waals surface area (Å²) in [5.74, 6) is -3.71. The fraction of sp³-hybridized carbons (Fsp3) is 1.00. The molecule has 1 N–H and O–H groups in total. The van der Waals surface area contributed by atoms with Gasteiger partial charge in [0.2, 0.25) is 5.79 Å². The Morgan fingerprint density at radius 1 is 0.800 bits per heavy atom. The summed E-state index contributed by atoms with van der Waals surface area (Å²) >= 11 is 0. The number of rotatable bonds is 2. The van der Waals surface area contributed by atoms with Crippen LogP contribution in [0.25, 0.3) is 0 Å². The second-order valence-corrected chi connectivity index (χ2v) is 8.49. The summed E-state index contributed by atoms with van der Waals surface area (Å²) in [6, 6.07) is 0. The molecule has 4 aliphatic rings. The lowest BCUT2D eigenvalue weighted by atomic mass is 9.96. The van der Waals surface area contributed by atoms with E-state index in [2.05, 4.69) is 0 Å². The topological polar surface area (TPSA) is 84.8 Å². The minimum absolute atomic E-state index is 0.214. The fourth-order valence-corrected chi connectivity index (χ4v) is 4.25. The molecular formula is C17H28O8. The highest BCUT2D eigenvalue weighted by Crippen LogP contribution is 2.53. The quantitative estimate of drug-likeness (QED) is 0.777.